The van der Waals surface area contributed by atoms with Gasteiger partial charge in [0.25, 0.3) is 5.91 Å². The highest BCUT2D eigenvalue weighted by Crippen LogP contribution is 2.18. The fourth-order valence-electron chi connectivity index (χ4n) is 2.90. The smallest absolute Gasteiger partial charge is 0.252 e. The minimum absolute atomic E-state index is 0.224. The minimum atomic E-state index is -0.396. The van der Waals surface area contributed by atoms with E-state index in [9.17, 15) is 9.18 Å². The third-order valence-electron chi connectivity index (χ3n) is 4.27. The highest BCUT2D eigenvalue weighted by Gasteiger charge is 2.17. The van der Waals surface area contributed by atoms with Crippen LogP contribution in [0.2, 0.25) is 0 Å². The van der Waals surface area contributed by atoms with E-state index in [0.717, 1.165) is 19.4 Å². The van der Waals surface area contributed by atoms with Gasteiger partial charge in [0.05, 0.1) is 5.56 Å². The lowest BCUT2D eigenvalue weighted by molar-refractivity contribution is 0.0950. The normalized spacial score (nSPS) is 19.1. The SMILES string of the molecule is C[C@H]1CCCCN1CCCCNC(=O)c1cc(F)ccc1Br. The van der Waals surface area contributed by atoms with Crippen LogP contribution >= 0.6 is 15.9 Å². The summed E-state index contributed by atoms with van der Waals surface area (Å²) in [7, 11) is 0. The number of hydrogen-bond acceptors (Lipinski definition) is 2. The van der Waals surface area contributed by atoms with Crippen LogP contribution in [0.25, 0.3) is 0 Å². The third kappa shape index (κ3) is 5.06. The number of carbonyl (C=O) groups is 1. The van der Waals surface area contributed by atoms with Gasteiger partial charge in [0.15, 0.2) is 0 Å². The van der Waals surface area contributed by atoms with Gasteiger partial charge in [-0.3, -0.25) is 4.79 Å². The maximum absolute atomic E-state index is 13.2. The summed E-state index contributed by atoms with van der Waals surface area (Å²) in [6.07, 6.45) is 5.96. The number of halogens is 2. The van der Waals surface area contributed by atoms with Crippen molar-refractivity contribution in [3.63, 3.8) is 0 Å². The molecule has 22 heavy (non-hydrogen) atoms. The van der Waals surface area contributed by atoms with Crippen molar-refractivity contribution in [3.05, 3.63) is 34.1 Å². The van der Waals surface area contributed by atoms with E-state index in [1.165, 1.54) is 37.9 Å². The number of likely N-dealkylation sites (tertiary alicyclic amines) is 1. The lowest BCUT2D eigenvalue weighted by atomic mass is 10.0. The fraction of sp³-hybridized carbons (Fsp3) is 0.588. The van der Waals surface area contributed by atoms with E-state index in [4.69, 9.17) is 0 Å². The van der Waals surface area contributed by atoms with Gasteiger partial charge in [-0.25, -0.2) is 4.39 Å². The van der Waals surface area contributed by atoms with Gasteiger partial charge in [-0.1, -0.05) is 6.42 Å². The molecule has 0 unspecified atom stereocenters. The van der Waals surface area contributed by atoms with Crippen molar-refractivity contribution in [1.82, 2.24) is 10.2 Å². The van der Waals surface area contributed by atoms with Crippen LogP contribution < -0.4 is 5.32 Å². The predicted molar refractivity (Wildman–Crippen MR) is 90.6 cm³/mol. The molecule has 1 aromatic carbocycles. The second-order valence-corrected chi connectivity index (χ2v) is 6.82. The van der Waals surface area contributed by atoms with Crippen LogP contribution in [0.3, 0.4) is 0 Å². The van der Waals surface area contributed by atoms with E-state index >= 15 is 0 Å². The maximum atomic E-state index is 13.2. The summed E-state index contributed by atoms with van der Waals surface area (Å²) in [6, 6.07) is 4.84. The third-order valence-corrected chi connectivity index (χ3v) is 4.96. The molecule has 1 atom stereocenters. The Bertz CT molecular complexity index is 509. The molecule has 1 aromatic rings. The number of benzene rings is 1. The number of nitrogens with one attached hydrogen (secondary N) is 1. The Hall–Kier alpha value is -0.940. The van der Waals surface area contributed by atoms with Gasteiger partial charge < -0.3 is 10.2 Å². The first-order chi connectivity index (χ1) is 10.6. The zero-order chi connectivity index (χ0) is 15.9. The number of nitrogens with zero attached hydrogens (tertiary/aromatic N) is 1. The van der Waals surface area contributed by atoms with Gasteiger partial charge in [0, 0.05) is 17.1 Å². The first kappa shape index (κ1) is 17.4. The molecule has 0 saturated carbocycles. The largest absolute Gasteiger partial charge is 0.352 e. The molecule has 1 N–H and O–H groups in total. The van der Waals surface area contributed by atoms with E-state index in [0.29, 0.717) is 22.6 Å². The number of rotatable bonds is 6. The Morgan fingerprint density at radius 2 is 2.23 bits per heavy atom. The zero-order valence-electron chi connectivity index (χ0n) is 13.1. The number of amides is 1. The van der Waals surface area contributed by atoms with E-state index in [1.54, 1.807) is 6.07 Å². The average molecular weight is 371 g/mol. The summed E-state index contributed by atoms with van der Waals surface area (Å²) in [5, 5.41) is 2.86. The van der Waals surface area contributed by atoms with Crippen LogP contribution in [0.1, 0.15) is 49.4 Å². The number of hydrogen-bond donors (Lipinski definition) is 1. The predicted octanol–water partition coefficient (Wildman–Crippen LogP) is 3.97. The Balaban J connectivity index is 1.68. The van der Waals surface area contributed by atoms with Crippen molar-refractivity contribution in [2.75, 3.05) is 19.6 Å². The molecule has 0 bridgehead atoms. The van der Waals surface area contributed by atoms with E-state index in [-0.39, 0.29) is 5.91 Å². The summed E-state index contributed by atoms with van der Waals surface area (Å²) in [5.74, 6) is -0.620. The molecular weight excluding hydrogens is 347 g/mol. The first-order valence-corrected chi connectivity index (χ1v) is 8.84. The van der Waals surface area contributed by atoms with Crippen LogP contribution in [0, 0.1) is 5.82 Å². The van der Waals surface area contributed by atoms with Crippen LogP contribution in [0.15, 0.2) is 22.7 Å². The molecule has 0 aliphatic carbocycles. The second kappa shape index (κ2) is 8.63. The molecule has 5 heteroatoms. The Labute approximate surface area is 140 Å². The molecule has 122 valence electrons. The second-order valence-electron chi connectivity index (χ2n) is 5.97. The highest BCUT2D eigenvalue weighted by molar-refractivity contribution is 9.10. The molecule has 0 spiro atoms. The van der Waals surface area contributed by atoms with Crippen LogP contribution in [0.4, 0.5) is 4.39 Å². The van der Waals surface area contributed by atoms with Crippen molar-refractivity contribution < 1.29 is 9.18 Å². The number of piperidine rings is 1. The van der Waals surface area contributed by atoms with Crippen molar-refractivity contribution in [1.29, 1.82) is 0 Å². The first-order valence-electron chi connectivity index (χ1n) is 8.05. The molecule has 2 rings (SSSR count). The number of carbonyl (C=O) groups excluding carboxylic acids is 1. The monoisotopic (exact) mass is 370 g/mol. The van der Waals surface area contributed by atoms with Crippen LogP contribution in [-0.4, -0.2) is 36.5 Å². The van der Waals surface area contributed by atoms with E-state index in [2.05, 4.69) is 33.1 Å². The molecule has 1 heterocycles. The zero-order valence-corrected chi connectivity index (χ0v) is 14.7. The van der Waals surface area contributed by atoms with Crippen molar-refractivity contribution >= 4 is 21.8 Å². The van der Waals surface area contributed by atoms with Gasteiger partial charge in [0.2, 0.25) is 0 Å². The Morgan fingerprint density at radius 1 is 1.41 bits per heavy atom. The standard InChI is InChI=1S/C17H24BrFN2O/c1-13-6-2-4-10-21(13)11-5-3-9-20-17(22)15-12-14(19)7-8-16(15)18/h7-8,12-13H,2-6,9-11H2,1H3,(H,20,22)/t13-/m0/s1. The lowest BCUT2D eigenvalue weighted by Crippen LogP contribution is -2.38. The van der Waals surface area contributed by atoms with Gasteiger partial charge in [-0.15, -0.1) is 0 Å². The van der Waals surface area contributed by atoms with Crippen molar-refractivity contribution in [2.45, 2.75) is 45.1 Å². The fourth-order valence-corrected chi connectivity index (χ4v) is 3.33. The molecule has 1 saturated heterocycles. The quantitative estimate of drug-likeness (QED) is 0.768. The topological polar surface area (TPSA) is 32.3 Å². The Morgan fingerprint density at radius 3 is 3.00 bits per heavy atom. The van der Waals surface area contributed by atoms with Crippen LogP contribution in [-0.2, 0) is 0 Å². The van der Waals surface area contributed by atoms with Gasteiger partial charge in [-0.2, -0.15) is 0 Å². The van der Waals surface area contributed by atoms with Crippen molar-refractivity contribution in [2.24, 2.45) is 0 Å². The van der Waals surface area contributed by atoms with Gasteiger partial charge in [-0.05, 0) is 79.8 Å². The number of unbranched alkanes of at least 4 members (excludes halogenated alkanes) is 1. The Kier molecular flexibility index (Phi) is 6.83. The summed E-state index contributed by atoms with van der Waals surface area (Å²) in [4.78, 5) is 14.6. The van der Waals surface area contributed by atoms with Gasteiger partial charge >= 0.3 is 0 Å². The van der Waals surface area contributed by atoms with E-state index in [1.807, 2.05) is 0 Å². The van der Waals surface area contributed by atoms with E-state index < -0.39 is 5.82 Å². The summed E-state index contributed by atoms with van der Waals surface area (Å²) in [6.45, 7) is 5.22. The molecule has 0 aromatic heterocycles. The highest BCUT2D eigenvalue weighted by atomic mass is 79.9. The molecular formula is C17H24BrFN2O. The van der Waals surface area contributed by atoms with Crippen molar-refractivity contribution in [3.8, 4) is 0 Å². The molecule has 1 fully saturated rings. The molecule has 1 aliphatic heterocycles. The van der Waals surface area contributed by atoms with Crippen LogP contribution in [0.5, 0.6) is 0 Å². The minimum Gasteiger partial charge on any atom is -0.352 e. The summed E-state index contributed by atoms with van der Waals surface area (Å²) < 4.78 is 13.8. The molecule has 3 nitrogen and oxygen atoms in total. The maximum Gasteiger partial charge on any atom is 0.252 e. The summed E-state index contributed by atoms with van der Waals surface area (Å²) in [5.41, 5.74) is 0.352. The average Bonchev–Trinajstić information content (AvgIpc) is 2.51. The molecule has 1 aliphatic rings. The molecule has 0 radical (unpaired) electrons. The summed E-state index contributed by atoms with van der Waals surface area (Å²) >= 11 is 3.28. The van der Waals surface area contributed by atoms with Gasteiger partial charge in [0.1, 0.15) is 5.82 Å². The molecule has 1 amide bonds. The lowest BCUT2D eigenvalue weighted by Gasteiger charge is -2.33.